The largest absolute Gasteiger partial charge is 0.480 e. The second kappa shape index (κ2) is 7.23. The molecule has 1 aliphatic rings. The number of hydrogen-bond acceptors (Lipinski definition) is 4. The predicted octanol–water partition coefficient (Wildman–Crippen LogP) is -0.448. The first-order chi connectivity index (χ1) is 9.34. The highest BCUT2D eigenvalue weighted by Gasteiger charge is 2.32. The number of nitrogens with two attached hydrogens (primary N) is 1. The third kappa shape index (κ3) is 4.19. The minimum atomic E-state index is -0.997. The number of hydrogen-bond donors (Lipinski definition) is 3. The van der Waals surface area contributed by atoms with Crippen molar-refractivity contribution in [2.24, 2.45) is 11.7 Å². The summed E-state index contributed by atoms with van der Waals surface area (Å²) in [5.74, 6) is -1.78. The lowest BCUT2D eigenvalue weighted by atomic mass is 10.0. The number of amides is 2. The molecule has 2 amide bonds. The van der Waals surface area contributed by atoms with E-state index >= 15 is 0 Å². The lowest BCUT2D eigenvalue weighted by molar-refractivity contribution is -0.151. The van der Waals surface area contributed by atoms with Crippen LogP contribution in [-0.2, 0) is 14.4 Å². The molecule has 2 atom stereocenters. The van der Waals surface area contributed by atoms with Gasteiger partial charge in [0.05, 0.1) is 12.6 Å². The van der Waals surface area contributed by atoms with E-state index in [1.165, 1.54) is 4.90 Å². The van der Waals surface area contributed by atoms with E-state index in [-0.39, 0.29) is 18.4 Å². The van der Waals surface area contributed by atoms with E-state index in [1.807, 2.05) is 13.8 Å². The number of rotatable bonds is 5. The van der Waals surface area contributed by atoms with Crippen LogP contribution in [0, 0.1) is 5.92 Å². The molecule has 0 aromatic rings. The summed E-state index contributed by atoms with van der Waals surface area (Å²) in [4.78, 5) is 36.1. The van der Waals surface area contributed by atoms with Crippen LogP contribution in [0.2, 0.25) is 0 Å². The molecular weight excluding hydrogens is 262 g/mol. The fraction of sp³-hybridized carbons (Fsp3) is 0.769. The Kier molecular flexibility index (Phi) is 5.94. The Morgan fingerprint density at radius 1 is 1.35 bits per heavy atom. The van der Waals surface area contributed by atoms with Crippen molar-refractivity contribution in [3.63, 3.8) is 0 Å². The van der Waals surface area contributed by atoms with Crippen molar-refractivity contribution in [1.82, 2.24) is 10.2 Å². The molecule has 0 spiro atoms. The van der Waals surface area contributed by atoms with Gasteiger partial charge in [-0.2, -0.15) is 0 Å². The van der Waals surface area contributed by atoms with Crippen molar-refractivity contribution in [3.8, 4) is 0 Å². The lowest BCUT2D eigenvalue weighted by Gasteiger charge is -2.33. The normalized spacial score (nSPS) is 20.6. The van der Waals surface area contributed by atoms with E-state index in [1.54, 1.807) is 0 Å². The van der Waals surface area contributed by atoms with Gasteiger partial charge in [0.2, 0.25) is 11.8 Å². The Labute approximate surface area is 118 Å². The second-order valence-electron chi connectivity index (χ2n) is 5.42. The first-order valence-electron chi connectivity index (χ1n) is 6.90. The second-order valence-corrected chi connectivity index (χ2v) is 5.42. The van der Waals surface area contributed by atoms with Gasteiger partial charge in [0, 0.05) is 6.54 Å². The monoisotopic (exact) mass is 285 g/mol. The van der Waals surface area contributed by atoms with Crippen molar-refractivity contribution in [1.29, 1.82) is 0 Å². The number of carboxylic acid groups (broad SMARTS) is 1. The molecule has 20 heavy (non-hydrogen) atoms. The number of aliphatic carboxylic acids is 1. The third-order valence-corrected chi connectivity index (χ3v) is 3.54. The topological polar surface area (TPSA) is 113 Å². The van der Waals surface area contributed by atoms with Gasteiger partial charge in [0.25, 0.3) is 0 Å². The first kappa shape index (κ1) is 16.4. The molecule has 0 aliphatic carbocycles. The van der Waals surface area contributed by atoms with Gasteiger partial charge in [-0.25, -0.2) is 4.79 Å². The molecule has 0 aromatic carbocycles. The maximum Gasteiger partial charge on any atom is 0.326 e. The Balaban J connectivity index is 2.53. The highest BCUT2D eigenvalue weighted by molar-refractivity contribution is 5.89. The molecule has 1 saturated heterocycles. The van der Waals surface area contributed by atoms with Crippen LogP contribution in [0.25, 0.3) is 0 Å². The average Bonchev–Trinajstić information content (AvgIpc) is 2.43. The highest BCUT2D eigenvalue weighted by Crippen LogP contribution is 2.17. The Morgan fingerprint density at radius 2 is 2.00 bits per heavy atom. The molecule has 1 aliphatic heterocycles. The van der Waals surface area contributed by atoms with Crippen molar-refractivity contribution >= 4 is 17.8 Å². The molecule has 0 radical (unpaired) electrons. The number of piperidine rings is 1. The van der Waals surface area contributed by atoms with Crippen molar-refractivity contribution in [2.45, 2.75) is 45.2 Å². The molecule has 1 heterocycles. The molecule has 1 fully saturated rings. The molecule has 1 rings (SSSR count). The minimum absolute atomic E-state index is 0.0214. The smallest absolute Gasteiger partial charge is 0.326 e. The van der Waals surface area contributed by atoms with Gasteiger partial charge in [0.1, 0.15) is 6.04 Å². The summed E-state index contributed by atoms with van der Waals surface area (Å²) in [5.41, 5.74) is 5.67. The predicted molar refractivity (Wildman–Crippen MR) is 72.8 cm³/mol. The van der Waals surface area contributed by atoms with Gasteiger partial charge >= 0.3 is 5.97 Å². The molecule has 1 unspecified atom stereocenters. The van der Waals surface area contributed by atoms with Crippen molar-refractivity contribution in [2.75, 3.05) is 13.1 Å². The molecule has 114 valence electrons. The summed E-state index contributed by atoms with van der Waals surface area (Å²) in [6.07, 6.45) is 2.04. The van der Waals surface area contributed by atoms with Crippen LogP contribution >= 0.6 is 0 Å². The van der Waals surface area contributed by atoms with E-state index < -0.39 is 24.0 Å². The Hall–Kier alpha value is -1.63. The van der Waals surface area contributed by atoms with Gasteiger partial charge in [-0.05, 0) is 25.2 Å². The summed E-state index contributed by atoms with van der Waals surface area (Å²) < 4.78 is 0. The third-order valence-electron chi connectivity index (χ3n) is 3.54. The van der Waals surface area contributed by atoms with Crippen LogP contribution in [0.15, 0.2) is 0 Å². The summed E-state index contributed by atoms with van der Waals surface area (Å²) in [5, 5.41) is 11.6. The van der Waals surface area contributed by atoms with E-state index in [4.69, 9.17) is 10.8 Å². The van der Waals surface area contributed by atoms with E-state index in [9.17, 15) is 14.4 Å². The van der Waals surface area contributed by atoms with Gasteiger partial charge in [0.15, 0.2) is 0 Å². The number of nitrogens with one attached hydrogen (secondary N) is 1. The Morgan fingerprint density at radius 3 is 2.55 bits per heavy atom. The zero-order chi connectivity index (χ0) is 15.3. The number of likely N-dealkylation sites (tertiary alicyclic amines) is 1. The SMILES string of the molecule is CC(C)[C@H](N)C(=O)NCC(=O)N1CCCCC1C(=O)O. The molecule has 0 saturated carbocycles. The average molecular weight is 285 g/mol. The maximum absolute atomic E-state index is 12.0. The van der Waals surface area contributed by atoms with Crippen LogP contribution in [-0.4, -0.2) is 53.0 Å². The highest BCUT2D eigenvalue weighted by atomic mass is 16.4. The van der Waals surface area contributed by atoms with E-state index in [2.05, 4.69) is 5.32 Å². The molecule has 7 heteroatoms. The molecule has 4 N–H and O–H groups in total. The molecular formula is C13H23N3O4. The summed E-state index contributed by atoms with van der Waals surface area (Å²) in [6.45, 7) is 3.85. The molecule has 0 bridgehead atoms. The fourth-order valence-electron chi connectivity index (χ4n) is 2.17. The lowest BCUT2D eigenvalue weighted by Crippen LogP contribution is -2.53. The van der Waals surface area contributed by atoms with Gasteiger partial charge in [-0.1, -0.05) is 13.8 Å². The van der Waals surface area contributed by atoms with Gasteiger partial charge < -0.3 is 21.1 Å². The standard InChI is InChI=1S/C13H23N3O4/c1-8(2)11(14)12(18)15-7-10(17)16-6-4-3-5-9(16)13(19)20/h8-9,11H,3-7,14H2,1-2H3,(H,15,18)(H,19,20)/t9?,11-/m0/s1. The van der Waals surface area contributed by atoms with Crippen LogP contribution in [0.3, 0.4) is 0 Å². The zero-order valence-electron chi connectivity index (χ0n) is 12.0. The first-order valence-corrected chi connectivity index (χ1v) is 6.90. The summed E-state index contributed by atoms with van der Waals surface area (Å²) >= 11 is 0. The number of carbonyl (C=O) groups excluding carboxylic acids is 2. The van der Waals surface area contributed by atoms with Crippen LogP contribution in [0.1, 0.15) is 33.1 Å². The fourth-order valence-corrected chi connectivity index (χ4v) is 2.17. The number of carboxylic acids is 1. The summed E-state index contributed by atoms with van der Waals surface area (Å²) in [7, 11) is 0. The quantitative estimate of drug-likeness (QED) is 0.633. The van der Waals surface area contributed by atoms with Gasteiger partial charge in [-0.3, -0.25) is 9.59 Å². The van der Waals surface area contributed by atoms with E-state index in [0.29, 0.717) is 13.0 Å². The van der Waals surface area contributed by atoms with Crippen LogP contribution in [0.4, 0.5) is 0 Å². The number of carbonyl (C=O) groups is 3. The minimum Gasteiger partial charge on any atom is -0.480 e. The van der Waals surface area contributed by atoms with Crippen molar-refractivity contribution < 1.29 is 19.5 Å². The Bertz CT molecular complexity index is 384. The zero-order valence-corrected chi connectivity index (χ0v) is 12.0. The van der Waals surface area contributed by atoms with Crippen LogP contribution in [0.5, 0.6) is 0 Å². The number of nitrogens with zero attached hydrogens (tertiary/aromatic N) is 1. The van der Waals surface area contributed by atoms with Gasteiger partial charge in [-0.15, -0.1) is 0 Å². The van der Waals surface area contributed by atoms with Crippen LogP contribution < -0.4 is 11.1 Å². The molecule has 0 aromatic heterocycles. The molecule has 7 nitrogen and oxygen atoms in total. The van der Waals surface area contributed by atoms with Crippen molar-refractivity contribution in [3.05, 3.63) is 0 Å². The van der Waals surface area contributed by atoms with E-state index in [0.717, 1.165) is 12.8 Å². The maximum atomic E-state index is 12.0. The summed E-state index contributed by atoms with van der Waals surface area (Å²) in [6, 6.07) is -1.45.